The molecule has 0 spiro atoms. The van der Waals surface area contributed by atoms with Gasteiger partial charge in [0.25, 0.3) is 0 Å². The molecule has 126 valence electrons. The van der Waals surface area contributed by atoms with E-state index in [1.165, 1.54) is 17.5 Å². The maximum atomic E-state index is 12.4. The number of benzene rings is 2. The number of hydrogen-bond donors (Lipinski definition) is 2. The smallest absolute Gasteiger partial charge is 0.319 e. The van der Waals surface area contributed by atoms with Crippen molar-refractivity contribution in [2.45, 2.75) is 45.4 Å². The number of anilines is 1. The summed E-state index contributed by atoms with van der Waals surface area (Å²) in [5, 5.41) is 6.12. The molecular formula is C21H26N2O. The molecule has 1 aliphatic carbocycles. The van der Waals surface area contributed by atoms with Gasteiger partial charge in [-0.05, 0) is 50.3 Å². The van der Waals surface area contributed by atoms with E-state index in [2.05, 4.69) is 54.0 Å². The molecular weight excluding hydrogens is 296 g/mol. The van der Waals surface area contributed by atoms with E-state index in [0.29, 0.717) is 6.54 Å². The highest BCUT2D eigenvalue weighted by atomic mass is 16.2. The molecule has 0 atom stereocenters. The van der Waals surface area contributed by atoms with Crippen LogP contribution in [0.2, 0.25) is 0 Å². The Labute approximate surface area is 144 Å². The molecule has 1 fully saturated rings. The highest BCUT2D eigenvalue weighted by molar-refractivity contribution is 5.91. The number of carbonyl (C=O) groups is 1. The van der Waals surface area contributed by atoms with E-state index >= 15 is 0 Å². The summed E-state index contributed by atoms with van der Waals surface area (Å²) in [6.45, 7) is 6.83. The molecule has 0 aliphatic heterocycles. The van der Waals surface area contributed by atoms with Crippen LogP contribution in [0.4, 0.5) is 10.5 Å². The summed E-state index contributed by atoms with van der Waals surface area (Å²) in [5.74, 6) is 0. The van der Waals surface area contributed by atoms with Crippen molar-refractivity contribution in [2.24, 2.45) is 0 Å². The first-order valence-electron chi connectivity index (χ1n) is 8.68. The maximum Gasteiger partial charge on any atom is 0.319 e. The molecule has 3 nitrogen and oxygen atoms in total. The van der Waals surface area contributed by atoms with Crippen LogP contribution in [-0.4, -0.2) is 12.6 Å². The van der Waals surface area contributed by atoms with Crippen LogP contribution in [0.15, 0.2) is 42.5 Å². The molecule has 2 aromatic rings. The Morgan fingerprint density at radius 3 is 2.21 bits per heavy atom. The minimum atomic E-state index is -0.118. The molecule has 1 saturated carbocycles. The minimum Gasteiger partial charge on any atom is -0.337 e. The number of urea groups is 1. The quantitative estimate of drug-likeness (QED) is 0.829. The molecule has 3 heteroatoms. The fourth-order valence-corrected chi connectivity index (χ4v) is 3.75. The molecule has 3 rings (SSSR count). The molecule has 1 aliphatic rings. The maximum absolute atomic E-state index is 12.4. The average Bonchev–Trinajstić information content (AvgIpc) is 2.51. The van der Waals surface area contributed by atoms with Crippen molar-refractivity contribution in [2.75, 3.05) is 11.9 Å². The highest BCUT2D eigenvalue weighted by Crippen LogP contribution is 2.43. The number of hydrogen-bond acceptors (Lipinski definition) is 1. The molecule has 0 aromatic heterocycles. The number of carbonyl (C=O) groups excluding carboxylic acids is 1. The lowest BCUT2D eigenvalue weighted by Crippen LogP contribution is -2.46. The summed E-state index contributed by atoms with van der Waals surface area (Å²) in [6, 6.07) is 14.6. The van der Waals surface area contributed by atoms with Gasteiger partial charge < -0.3 is 10.6 Å². The van der Waals surface area contributed by atoms with Gasteiger partial charge in [-0.25, -0.2) is 4.79 Å². The van der Waals surface area contributed by atoms with Gasteiger partial charge in [0.15, 0.2) is 0 Å². The minimum absolute atomic E-state index is 0.107. The second kappa shape index (κ2) is 6.68. The second-order valence-electron chi connectivity index (χ2n) is 7.08. The third-order valence-corrected chi connectivity index (χ3v) is 5.20. The first kappa shape index (κ1) is 16.6. The van der Waals surface area contributed by atoms with E-state index in [-0.39, 0.29) is 11.4 Å². The van der Waals surface area contributed by atoms with Crippen molar-refractivity contribution < 1.29 is 4.79 Å². The first-order valence-corrected chi connectivity index (χ1v) is 8.68. The monoisotopic (exact) mass is 322 g/mol. The van der Waals surface area contributed by atoms with E-state index in [4.69, 9.17) is 0 Å². The SMILES string of the molecule is Cc1cc(C)c(NC(=O)NCC2(c3ccccc3)CCC2)c(C)c1. The zero-order valence-electron chi connectivity index (χ0n) is 14.8. The van der Waals surface area contributed by atoms with Gasteiger partial charge >= 0.3 is 6.03 Å². The number of rotatable bonds is 4. The van der Waals surface area contributed by atoms with Crippen LogP contribution >= 0.6 is 0 Å². The second-order valence-corrected chi connectivity index (χ2v) is 7.08. The summed E-state index contributed by atoms with van der Waals surface area (Å²) in [4.78, 5) is 12.4. The Balaban J connectivity index is 1.66. The molecule has 0 bridgehead atoms. The van der Waals surface area contributed by atoms with Crippen molar-refractivity contribution >= 4 is 11.7 Å². The molecule has 2 N–H and O–H groups in total. The normalized spacial score (nSPS) is 15.5. The fraction of sp³-hybridized carbons (Fsp3) is 0.381. The van der Waals surface area contributed by atoms with Crippen molar-refractivity contribution in [1.82, 2.24) is 5.32 Å². The zero-order valence-corrected chi connectivity index (χ0v) is 14.8. The van der Waals surface area contributed by atoms with Gasteiger partial charge in [0.05, 0.1) is 0 Å². The third-order valence-electron chi connectivity index (χ3n) is 5.20. The summed E-state index contributed by atoms with van der Waals surface area (Å²) >= 11 is 0. The van der Waals surface area contributed by atoms with Crippen LogP contribution < -0.4 is 10.6 Å². The van der Waals surface area contributed by atoms with Crippen molar-refractivity contribution in [3.05, 3.63) is 64.7 Å². The predicted molar refractivity (Wildman–Crippen MR) is 99.6 cm³/mol. The van der Waals surface area contributed by atoms with Gasteiger partial charge in [0.2, 0.25) is 0 Å². The van der Waals surface area contributed by atoms with Gasteiger partial charge in [-0.15, -0.1) is 0 Å². The average molecular weight is 322 g/mol. The number of amides is 2. The summed E-state index contributed by atoms with van der Waals surface area (Å²) < 4.78 is 0. The van der Waals surface area contributed by atoms with Crippen molar-refractivity contribution in [1.29, 1.82) is 0 Å². The van der Waals surface area contributed by atoms with E-state index in [1.54, 1.807) is 0 Å². The standard InChI is InChI=1S/C21H26N2O/c1-15-12-16(2)19(17(3)13-15)23-20(24)22-14-21(10-7-11-21)18-8-5-4-6-9-18/h4-6,8-9,12-13H,7,10-11,14H2,1-3H3,(H2,22,23,24). The summed E-state index contributed by atoms with van der Waals surface area (Å²) in [6.07, 6.45) is 3.51. The van der Waals surface area contributed by atoms with Crippen LogP contribution in [0.1, 0.15) is 41.5 Å². The summed E-state index contributed by atoms with van der Waals surface area (Å²) in [5.41, 5.74) is 5.77. The Hall–Kier alpha value is -2.29. The van der Waals surface area contributed by atoms with Crippen LogP contribution in [0.3, 0.4) is 0 Å². The molecule has 0 saturated heterocycles. The molecule has 0 radical (unpaired) electrons. The van der Waals surface area contributed by atoms with Crippen molar-refractivity contribution in [3.8, 4) is 0 Å². The lowest BCUT2D eigenvalue weighted by molar-refractivity contribution is 0.222. The van der Waals surface area contributed by atoms with E-state index < -0.39 is 0 Å². The Bertz CT molecular complexity index is 710. The summed E-state index contributed by atoms with van der Waals surface area (Å²) in [7, 11) is 0. The lowest BCUT2D eigenvalue weighted by Gasteiger charge is -2.42. The number of nitrogens with one attached hydrogen (secondary N) is 2. The van der Waals surface area contributed by atoms with Gasteiger partial charge in [-0.2, -0.15) is 0 Å². The predicted octanol–water partition coefficient (Wildman–Crippen LogP) is 4.86. The van der Waals surface area contributed by atoms with Gasteiger partial charge in [-0.1, -0.05) is 54.4 Å². The van der Waals surface area contributed by atoms with Crippen LogP contribution in [-0.2, 0) is 5.41 Å². The Morgan fingerprint density at radius 1 is 1.04 bits per heavy atom. The Morgan fingerprint density at radius 2 is 1.67 bits per heavy atom. The van der Waals surface area contributed by atoms with Crippen LogP contribution in [0.5, 0.6) is 0 Å². The molecule has 2 amide bonds. The van der Waals surface area contributed by atoms with E-state index in [9.17, 15) is 4.79 Å². The van der Waals surface area contributed by atoms with Gasteiger partial charge in [0.1, 0.15) is 0 Å². The van der Waals surface area contributed by atoms with E-state index in [0.717, 1.165) is 29.7 Å². The lowest BCUT2D eigenvalue weighted by atomic mass is 9.64. The molecule has 24 heavy (non-hydrogen) atoms. The molecule has 0 unspecified atom stereocenters. The molecule has 2 aromatic carbocycles. The van der Waals surface area contributed by atoms with Crippen LogP contribution in [0.25, 0.3) is 0 Å². The largest absolute Gasteiger partial charge is 0.337 e. The van der Waals surface area contributed by atoms with E-state index in [1.807, 2.05) is 19.9 Å². The van der Waals surface area contributed by atoms with Gasteiger partial charge in [0, 0.05) is 17.6 Å². The fourth-order valence-electron chi connectivity index (χ4n) is 3.75. The zero-order chi connectivity index (χ0) is 17.2. The third kappa shape index (κ3) is 3.30. The van der Waals surface area contributed by atoms with Crippen LogP contribution in [0, 0.1) is 20.8 Å². The molecule has 0 heterocycles. The topological polar surface area (TPSA) is 41.1 Å². The van der Waals surface area contributed by atoms with Crippen molar-refractivity contribution in [3.63, 3.8) is 0 Å². The first-order chi connectivity index (χ1) is 11.5. The Kier molecular flexibility index (Phi) is 4.61. The number of aryl methyl sites for hydroxylation is 3. The van der Waals surface area contributed by atoms with Gasteiger partial charge in [-0.3, -0.25) is 0 Å². The highest BCUT2D eigenvalue weighted by Gasteiger charge is 2.38.